The van der Waals surface area contributed by atoms with Crippen molar-refractivity contribution < 1.29 is 0 Å². The summed E-state index contributed by atoms with van der Waals surface area (Å²) in [6, 6.07) is 0. The molecule has 0 bridgehead atoms. The van der Waals surface area contributed by atoms with Gasteiger partial charge in [0.1, 0.15) is 0 Å². The van der Waals surface area contributed by atoms with Gasteiger partial charge in [-0.1, -0.05) is 13.8 Å². The van der Waals surface area contributed by atoms with Crippen molar-refractivity contribution >= 4 is 0 Å². The Kier molecular flexibility index (Phi) is 1.74. The molecule has 0 amide bonds. The fraction of sp³-hybridized carbons (Fsp3) is 0.700. The van der Waals surface area contributed by atoms with Crippen LogP contribution in [0.2, 0.25) is 0 Å². The summed E-state index contributed by atoms with van der Waals surface area (Å²) in [5.74, 6) is 1.25. The molecule has 1 aromatic rings. The molecule has 0 radical (unpaired) electrons. The molecule has 13 heavy (non-hydrogen) atoms. The van der Waals surface area contributed by atoms with Crippen LogP contribution in [-0.4, -0.2) is 16.3 Å². The molecule has 0 spiro atoms. The molecule has 2 rings (SSSR count). The van der Waals surface area contributed by atoms with Crippen molar-refractivity contribution in [2.24, 2.45) is 24.1 Å². The van der Waals surface area contributed by atoms with Crippen LogP contribution in [0.1, 0.15) is 25.3 Å². The van der Waals surface area contributed by atoms with Gasteiger partial charge < -0.3 is 5.73 Å². The average molecular weight is 179 g/mol. The Bertz CT molecular complexity index is 314. The van der Waals surface area contributed by atoms with Gasteiger partial charge in [-0.05, 0) is 29.4 Å². The topological polar surface area (TPSA) is 43.8 Å². The quantitative estimate of drug-likeness (QED) is 0.739. The zero-order valence-electron chi connectivity index (χ0n) is 8.49. The summed E-state index contributed by atoms with van der Waals surface area (Å²) >= 11 is 0. The lowest BCUT2D eigenvalue weighted by Gasteiger charge is -1.98. The highest BCUT2D eigenvalue weighted by molar-refractivity contribution is 5.28. The highest BCUT2D eigenvalue weighted by atomic mass is 15.2. The molecule has 72 valence electrons. The smallest absolute Gasteiger partial charge is 0.0524 e. The summed E-state index contributed by atoms with van der Waals surface area (Å²) in [6.07, 6.45) is 4.06. The summed E-state index contributed by atoms with van der Waals surface area (Å²) in [5.41, 5.74) is 7.43. The van der Waals surface area contributed by atoms with Crippen LogP contribution in [0, 0.1) is 11.3 Å². The van der Waals surface area contributed by atoms with Crippen LogP contribution in [-0.2, 0) is 7.05 Å². The van der Waals surface area contributed by atoms with Crippen LogP contribution < -0.4 is 5.73 Å². The lowest BCUT2D eigenvalue weighted by atomic mass is 10.1. The maximum Gasteiger partial charge on any atom is 0.0524 e. The molecule has 0 unspecified atom stereocenters. The van der Waals surface area contributed by atoms with Crippen LogP contribution >= 0.6 is 0 Å². The maximum atomic E-state index is 5.72. The van der Waals surface area contributed by atoms with Crippen molar-refractivity contribution in [2.75, 3.05) is 6.54 Å². The molecule has 1 saturated carbocycles. The summed E-state index contributed by atoms with van der Waals surface area (Å²) in [6.45, 7) is 5.34. The van der Waals surface area contributed by atoms with E-state index >= 15 is 0 Å². The van der Waals surface area contributed by atoms with E-state index in [9.17, 15) is 0 Å². The van der Waals surface area contributed by atoms with E-state index in [0.717, 1.165) is 6.54 Å². The molecule has 2 atom stereocenters. The predicted octanol–water partition coefficient (Wildman–Crippen LogP) is 1.12. The minimum Gasteiger partial charge on any atom is -0.330 e. The SMILES string of the molecule is Cn1cc([C@@H]2[C@@H](CN)C2(C)C)cn1. The Morgan fingerprint density at radius 1 is 1.62 bits per heavy atom. The maximum absolute atomic E-state index is 5.72. The van der Waals surface area contributed by atoms with Gasteiger partial charge in [0.15, 0.2) is 0 Å². The van der Waals surface area contributed by atoms with Gasteiger partial charge in [0.25, 0.3) is 0 Å². The number of hydrogen-bond acceptors (Lipinski definition) is 2. The summed E-state index contributed by atoms with van der Waals surface area (Å²) < 4.78 is 1.86. The number of rotatable bonds is 2. The van der Waals surface area contributed by atoms with E-state index in [1.165, 1.54) is 5.56 Å². The number of aromatic nitrogens is 2. The normalized spacial score (nSPS) is 30.5. The number of aryl methyl sites for hydroxylation is 1. The standard InChI is InChI=1S/C10H17N3/c1-10(2)8(4-11)9(10)7-5-12-13(3)6-7/h5-6,8-9H,4,11H2,1-3H3/t8-,9-/m1/s1. The molecule has 1 heterocycles. The van der Waals surface area contributed by atoms with Crippen molar-refractivity contribution in [1.29, 1.82) is 0 Å². The van der Waals surface area contributed by atoms with Gasteiger partial charge in [-0.15, -0.1) is 0 Å². The largest absolute Gasteiger partial charge is 0.330 e. The third-order valence-corrected chi connectivity index (χ3v) is 3.39. The fourth-order valence-electron chi connectivity index (χ4n) is 2.45. The highest BCUT2D eigenvalue weighted by Crippen LogP contribution is 2.63. The molecule has 3 nitrogen and oxygen atoms in total. The van der Waals surface area contributed by atoms with Crippen LogP contribution in [0.15, 0.2) is 12.4 Å². The van der Waals surface area contributed by atoms with E-state index in [2.05, 4.69) is 25.1 Å². The second-order valence-electron chi connectivity index (χ2n) is 4.59. The van der Waals surface area contributed by atoms with Crippen LogP contribution in [0.25, 0.3) is 0 Å². The fourth-order valence-corrected chi connectivity index (χ4v) is 2.45. The number of nitrogens with two attached hydrogens (primary N) is 1. The van der Waals surface area contributed by atoms with E-state index in [0.29, 0.717) is 17.3 Å². The van der Waals surface area contributed by atoms with Crippen molar-refractivity contribution in [1.82, 2.24) is 9.78 Å². The Morgan fingerprint density at radius 3 is 2.69 bits per heavy atom. The van der Waals surface area contributed by atoms with E-state index in [4.69, 9.17) is 5.73 Å². The molecular weight excluding hydrogens is 162 g/mol. The van der Waals surface area contributed by atoms with Gasteiger partial charge in [0.05, 0.1) is 6.20 Å². The first-order chi connectivity index (χ1) is 6.07. The summed E-state index contributed by atoms with van der Waals surface area (Å²) in [4.78, 5) is 0. The number of nitrogens with zero attached hydrogens (tertiary/aromatic N) is 2. The van der Waals surface area contributed by atoms with Crippen LogP contribution in [0.4, 0.5) is 0 Å². The molecule has 3 heteroatoms. The van der Waals surface area contributed by atoms with Crippen molar-refractivity contribution in [2.45, 2.75) is 19.8 Å². The molecule has 1 aromatic heterocycles. The van der Waals surface area contributed by atoms with Crippen molar-refractivity contribution in [3.63, 3.8) is 0 Å². The van der Waals surface area contributed by atoms with Crippen molar-refractivity contribution in [3.05, 3.63) is 18.0 Å². The van der Waals surface area contributed by atoms with Gasteiger partial charge in [0, 0.05) is 13.2 Å². The summed E-state index contributed by atoms with van der Waals surface area (Å²) in [5, 5.41) is 4.19. The van der Waals surface area contributed by atoms with Crippen LogP contribution in [0.3, 0.4) is 0 Å². The van der Waals surface area contributed by atoms with Gasteiger partial charge in [-0.2, -0.15) is 5.10 Å². The Balaban J connectivity index is 2.21. The lowest BCUT2D eigenvalue weighted by Crippen LogP contribution is -2.05. The Hall–Kier alpha value is -0.830. The molecular formula is C10H17N3. The Morgan fingerprint density at radius 2 is 2.31 bits per heavy atom. The van der Waals surface area contributed by atoms with Gasteiger partial charge in [-0.25, -0.2) is 0 Å². The molecule has 2 N–H and O–H groups in total. The second kappa shape index (κ2) is 2.58. The summed E-state index contributed by atoms with van der Waals surface area (Å²) in [7, 11) is 1.95. The van der Waals surface area contributed by atoms with Crippen LogP contribution in [0.5, 0.6) is 0 Å². The third-order valence-electron chi connectivity index (χ3n) is 3.39. The molecule has 0 aromatic carbocycles. The molecule has 1 fully saturated rings. The minimum absolute atomic E-state index is 0.373. The Labute approximate surface area is 78.9 Å². The average Bonchev–Trinajstić information content (AvgIpc) is 2.41. The van der Waals surface area contributed by atoms with Crippen molar-refractivity contribution in [3.8, 4) is 0 Å². The molecule has 0 saturated heterocycles. The molecule has 1 aliphatic rings. The van der Waals surface area contributed by atoms with E-state index in [1.807, 2.05) is 17.9 Å². The second-order valence-corrected chi connectivity index (χ2v) is 4.59. The van der Waals surface area contributed by atoms with Gasteiger partial charge in [-0.3, -0.25) is 4.68 Å². The first kappa shape index (κ1) is 8.75. The molecule has 0 aliphatic heterocycles. The van der Waals surface area contributed by atoms with Gasteiger partial charge >= 0.3 is 0 Å². The first-order valence-electron chi connectivity index (χ1n) is 4.76. The minimum atomic E-state index is 0.373. The first-order valence-corrected chi connectivity index (χ1v) is 4.76. The number of hydrogen-bond donors (Lipinski definition) is 1. The van der Waals surface area contributed by atoms with E-state index in [1.54, 1.807) is 0 Å². The van der Waals surface area contributed by atoms with E-state index in [-0.39, 0.29) is 0 Å². The third kappa shape index (κ3) is 1.18. The zero-order chi connectivity index (χ0) is 9.64. The zero-order valence-corrected chi connectivity index (χ0v) is 8.49. The molecule has 1 aliphatic carbocycles. The predicted molar refractivity (Wildman–Crippen MR) is 52.3 cm³/mol. The lowest BCUT2D eigenvalue weighted by molar-refractivity contribution is 0.558. The monoisotopic (exact) mass is 179 g/mol. The highest BCUT2D eigenvalue weighted by Gasteiger charge is 2.57. The van der Waals surface area contributed by atoms with E-state index < -0.39 is 0 Å². The van der Waals surface area contributed by atoms with Gasteiger partial charge in [0.2, 0.25) is 0 Å².